The fraction of sp³-hybridized carbons (Fsp3) is 0.100. The third-order valence-corrected chi connectivity index (χ3v) is 3.28. The zero-order valence-electron chi connectivity index (χ0n) is 7.92. The molecule has 0 radical (unpaired) electrons. The molecular formula is C10H8ClFN2S. The van der Waals surface area contributed by atoms with Crippen LogP contribution in [0.25, 0.3) is 10.4 Å². The van der Waals surface area contributed by atoms with E-state index in [1.807, 2.05) is 0 Å². The lowest BCUT2D eigenvalue weighted by atomic mass is 10.2. The molecular weight excluding hydrogens is 235 g/mol. The fourth-order valence-corrected chi connectivity index (χ4v) is 2.12. The summed E-state index contributed by atoms with van der Waals surface area (Å²) in [6.45, 7) is 0. The Kier molecular flexibility index (Phi) is 2.88. The topological polar surface area (TPSA) is 24.9 Å². The Hall–Kier alpha value is -1.13. The van der Waals surface area contributed by atoms with E-state index < -0.39 is 5.82 Å². The van der Waals surface area contributed by atoms with E-state index in [4.69, 9.17) is 11.6 Å². The molecule has 0 aliphatic heterocycles. The van der Waals surface area contributed by atoms with Crippen molar-refractivity contribution in [2.24, 2.45) is 0 Å². The first-order chi connectivity index (χ1) is 7.20. The Morgan fingerprint density at radius 3 is 2.87 bits per heavy atom. The molecule has 1 aromatic carbocycles. The Labute approximate surface area is 95.7 Å². The quantitative estimate of drug-likeness (QED) is 0.870. The van der Waals surface area contributed by atoms with E-state index in [9.17, 15) is 4.39 Å². The zero-order valence-corrected chi connectivity index (χ0v) is 9.49. The number of hydrogen-bond donors (Lipinski definition) is 1. The van der Waals surface area contributed by atoms with Crippen molar-refractivity contribution in [2.75, 3.05) is 12.4 Å². The van der Waals surface area contributed by atoms with Gasteiger partial charge in [0.2, 0.25) is 0 Å². The molecule has 0 spiro atoms. The minimum Gasteiger partial charge on any atom is -0.365 e. The van der Waals surface area contributed by atoms with Gasteiger partial charge in [-0.2, -0.15) is 0 Å². The number of rotatable bonds is 2. The number of thiazole rings is 1. The molecule has 0 aliphatic rings. The maximum Gasteiger partial charge on any atom is 0.182 e. The van der Waals surface area contributed by atoms with Crippen molar-refractivity contribution in [1.29, 1.82) is 0 Å². The van der Waals surface area contributed by atoms with Crippen LogP contribution in [-0.2, 0) is 0 Å². The van der Waals surface area contributed by atoms with Gasteiger partial charge in [0.1, 0.15) is 5.82 Å². The first kappa shape index (κ1) is 10.4. The van der Waals surface area contributed by atoms with Crippen LogP contribution in [0, 0.1) is 5.82 Å². The van der Waals surface area contributed by atoms with Crippen LogP contribution in [0.5, 0.6) is 0 Å². The van der Waals surface area contributed by atoms with Crippen LogP contribution in [0.3, 0.4) is 0 Å². The SMILES string of the molecule is CNc1ncc(-c2ccc(F)c(Cl)c2)s1. The third-order valence-electron chi connectivity index (χ3n) is 1.92. The number of aromatic nitrogens is 1. The molecule has 0 amide bonds. The molecule has 1 N–H and O–H groups in total. The average molecular weight is 243 g/mol. The Morgan fingerprint density at radius 2 is 2.27 bits per heavy atom. The van der Waals surface area contributed by atoms with Crippen LogP contribution in [0.1, 0.15) is 0 Å². The second-order valence-electron chi connectivity index (χ2n) is 2.91. The summed E-state index contributed by atoms with van der Waals surface area (Å²) in [5.74, 6) is -0.404. The molecule has 0 aliphatic carbocycles. The standard InChI is InChI=1S/C10H8ClFN2S/c1-13-10-14-5-9(15-10)6-2-3-8(12)7(11)4-6/h2-5H,1H3,(H,13,14). The van der Waals surface area contributed by atoms with Crippen LogP contribution in [0.15, 0.2) is 24.4 Å². The monoisotopic (exact) mass is 242 g/mol. The van der Waals surface area contributed by atoms with Gasteiger partial charge in [0.25, 0.3) is 0 Å². The molecule has 5 heteroatoms. The van der Waals surface area contributed by atoms with Crippen LogP contribution >= 0.6 is 22.9 Å². The number of halogens is 2. The number of nitrogens with one attached hydrogen (secondary N) is 1. The van der Waals surface area contributed by atoms with Crippen molar-refractivity contribution in [1.82, 2.24) is 4.98 Å². The Morgan fingerprint density at radius 1 is 1.47 bits per heavy atom. The summed E-state index contributed by atoms with van der Waals surface area (Å²) in [4.78, 5) is 5.09. The van der Waals surface area contributed by atoms with Crippen LogP contribution in [0.2, 0.25) is 5.02 Å². The van der Waals surface area contributed by atoms with E-state index in [2.05, 4.69) is 10.3 Å². The number of anilines is 1. The van der Waals surface area contributed by atoms with Gasteiger partial charge in [0.05, 0.1) is 9.90 Å². The molecule has 0 bridgehead atoms. The van der Waals surface area contributed by atoms with Gasteiger partial charge in [-0.15, -0.1) is 0 Å². The largest absolute Gasteiger partial charge is 0.365 e. The number of benzene rings is 1. The maximum absolute atomic E-state index is 12.9. The van der Waals surface area contributed by atoms with Crippen molar-refractivity contribution < 1.29 is 4.39 Å². The molecule has 0 saturated carbocycles. The summed E-state index contributed by atoms with van der Waals surface area (Å²) < 4.78 is 12.9. The fourth-order valence-electron chi connectivity index (χ4n) is 1.17. The molecule has 2 nitrogen and oxygen atoms in total. The lowest BCUT2D eigenvalue weighted by Crippen LogP contribution is -1.83. The summed E-state index contributed by atoms with van der Waals surface area (Å²) in [7, 11) is 1.81. The number of hydrogen-bond acceptors (Lipinski definition) is 3. The molecule has 0 unspecified atom stereocenters. The summed E-state index contributed by atoms with van der Waals surface area (Å²) >= 11 is 7.20. The normalized spacial score (nSPS) is 10.3. The van der Waals surface area contributed by atoms with Crippen LogP contribution in [-0.4, -0.2) is 12.0 Å². The Balaban J connectivity index is 2.40. The first-order valence-electron chi connectivity index (χ1n) is 4.29. The highest BCUT2D eigenvalue weighted by Gasteiger charge is 2.06. The van der Waals surface area contributed by atoms with Gasteiger partial charge < -0.3 is 5.32 Å². The minimum absolute atomic E-state index is 0.131. The molecule has 78 valence electrons. The second-order valence-corrected chi connectivity index (χ2v) is 4.35. The highest BCUT2D eigenvalue weighted by atomic mass is 35.5. The van der Waals surface area contributed by atoms with E-state index >= 15 is 0 Å². The maximum atomic E-state index is 12.9. The van der Waals surface area contributed by atoms with Gasteiger partial charge in [-0.25, -0.2) is 9.37 Å². The van der Waals surface area contributed by atoms with E-state index in [-0.39, 0.29) is 5.02 Å². The number of nitrogens with zero attached hydrogens (tertiary/aromatic N) is 1. The van der Waals surface area contributed by atoms with Crippen molar-refractivity contribution in [2.45, 2.75) is 0 Å². The van der Waals surface area contributed by atoms with Gasteiger partial charge >= 0.3 is 0 Å². The Bertz CT molecular complexity index is 484. The lowest BCUT2D eigenvalue weighted by molar-refractivity contribution is 0.628. The van der Waals surface area contributed by atoms with Crippen molar-refractivity contribution >= 4 is 28.1 Å². The third kappa shape index (κ3) is 2.11. The predicted molar refractivity (Wildman–Crippen MR) is 62.1 cm³/mol. The molecule has 0 saturated heterocycles. The zero-order chi connectivity index (χ0) is 10.8. The van der Waals surface area contributed by atoms with Gasteiger partial charge in [-0.1, -0.05) is 29.0 Å². The summed E-state index contributed by atoms with van der Waals surface area (Å²) in [6.07, 6.45) is 1.74. The van der Waals surface area contributed by atoms with Crippen molar-refractivity contribution in [3.63, 3.8) is 0 Å². The van der Waals surface area contributed by atoms with Gasteiger partial charge in [0, 0.05) is 13.2 Å². The van der Waals surface area contributed by atoms with Crippen LogP contribution < -0.4 is 5.32 Å². The summed E-state index contributed by atoms with van der Waals surface area (Å²) in [5.41, 5.74) is 0.875. The van der Waals surface area contributed by atoms with Gasteiger partial charge in [-0.05, 0) is 17.7 Å². The molecule has 0 atom stereocenters. The van der Waals surface area contributed by atoms with E-state index in [0.29, 0.717) is 0 Å². The van der Waals surface area contributed by atoms with Gasteiger partial charge in [-0.3, -0.25) is 0 Å². The highest BCUT2D eigenvalue weighted by Crippen LogP contribution is 2.30. The first-order valence-corrected chi connectivity index (χ1v) is 5.49. The lowest BCUT2D eigenvalue weighted by Gasteiger charge is -1.98. The summed E-state index contributed by atoms with van der Waals surface area (Å²) in [5, 5.41) is 3.90. The molecule has 15 heavy (non-hydrogen) atoms. The van der Waals surface area contributed by atoms with Crippen molar-refractivity contribution in [3.05, 3.63) is 35.2 Å². The van der Waals surface area contributed by atoms with Crippen LogP contribution in [0.4, 0.5) is 9.52 Å². The highest BCUT2D eigenvalue weighted by molar-refractivity contribution is 7.18. The molecule has 2 aromatic rings. The van der Waals surface area contributed by atoms with E-state index in [0.717, 1.165) is 15.6 Å². The average Bonchev–Trinajstić information content (AvgIpc) is 2.70. The van der Waals surface area contributed by atoms with E-state index in [1.165, 1.54) is 17.4 Å². The van der Waals surface area contributed by atoms with Gasteiger partial charge in [0.15, 0.2) is 5.13 Å². The molecule has 1 aromatic heterocycles. The molecule has 2 rings (SSSR count). The predicted octanol–water partition coefficient (Wildman–Crippen LogP) is 3.64. The molecule has 1 heterocycles. The van der Waals surface area contributed by atoms with E-state index in [1.54, 1.807) is 25.4 Å². The molecule has 0 fully saturated rings. The summed E-state index contributed by atoms with van der Waals surface area (Å²) in [6, 6.07) is 4.65. The van der Waals surface area contributed by atoms with Crippen molar-refractivity contribution in [3.8, 4) is 10.4 Å². The smallest absolute Gasteiger partial charge is 0.182 e. The second kappa shape index (κ2) is 4.16. The minimum atomic E-state index is -0.404.